The van der Waals surface area contributed by atoms with Gasteiger partial charge in [0.15, 0.2) is 5.78 Å². The van der Waals surface area contributed by atoms with Crippen LogP contribution in [0.4, 0.5) is 5.82 Å². The van der Waals surface area contributed by atoms with Crippen molar-refractivity contribution < 1.29 is 4.79 Å². The molecule has 0 amide bonds. The standard InChI is InChI=1S/C22H18N6O/c1-12-26-19-5-4-17(9-20(19)27-12)28-22(24)18(11-25-28)21(29)16-7-14-3-2-13(10-23)6-15(14)8-16/h2-7,9,11,14-15H,8,24H2,1H3,(H,26,27). The van der Waals surface area contributed by atoms with Crippen LogP contribution < -0.4 is 5.73 Å². The fourth-order valence-electron chi connectivity index (χ4n) is 4.09. The summed E-state index contributed by atoms with van der Waals surface area (Å²) in [7, 11) is 0. The van der Waals surface area contributed by atoms with Crippen molar-refractivity contribution in [3.63, 3.8) is 0 Å². The van der Waals surface area contributed by atoms with Crippen LogP contribution in [-0.2, 0) is 0 Å². The molecule has 142 valence electrons. The number of hydrogen-bond donors (Lipinski definition) is 2. The highest BCUT2D eigenvalue weighted by Gasteiger charge is 2.31. The molecule has 2 heterocycles. The molecule has 0 radical (unpaired) electrons. The lowest BCUT2D eigenvalue weighted by molar-refractivity contribution is 0.103. The Hall–Kier alpha value is -3.92. The van der Waals surface area contributed by atoms with Gasteiger partial charge in [-0.15, -0.1) is 0 Å². The first-order valence-corrected chi connectivity index (χ1v) is 9.39. The minimum Gasteiger partial charge on any atom is -0.383 e. The highest BCUT2D eigenvalue weighted by atomic mass is 16.1. The van der Waals surface area contributed by atoms with E-state index in [1.165, 1.54) is 6.20 Å². The zero-order valence-electron chi connectivity index (χ0n) is 15.8. The molecule has 3 N–H and O–H groups in total. The van der Waals surface area contributed by atoms with Gasteiger partial charge in [-0.25, -0.2) is 9.67 Å². The number of fused-ring (bicyclic) bond motifs is 2. The molecule has 0 saturated carbocycles. The number of imidazole rings is 1. The second kappa shape index (κ2) is 6.31. The lowest BCUT2D eigenvalue weighted by Gasteiger charge is -2.15. The van der Waals surface area contributed by atoms with E-state index in [0.717, 1.165) is 22.5 Å². The first kappa shape index (κ1) is 17.2. The summed E-state index contributed by atoms with van der Waals surface area (Å²) in [6.07, 6.45) is 9.83. The van der Waals surface area contributed by atoms with Crippen molar-refractivity contribution in [2.24, 2.45) is 11.8 Å². The summed E-state index contributed by atoms with van der Waals surface area (Å²) >= 11 is 0. The minimum absolute atomic E-state index is 0.109. The number of nitrogen functional groups attached to an aromatic ring is 1. The van der Waals surface area contributed by atoms with E-state index >= 15 is 0 Å². The number of Topliss-reactive ketones (excluding diaryl/α,β-unsaturated/α-hetero) is 1. The van der Waals surface area contributed by atoms with Gasteiger partial charge in [-0.05, 0) is 49.1 Å². The molecular formula is C22H18N6O. The number of nitriles is 1. The Morgan fingerprint density at radius 1 is 1.38 bits per heavy atom. The number of aromatic nitrogens is 4. The van der Waals surface area contributed by atoms with Gasteiger partial charge in [-0.3, -0.25) is 4.79 Å². The van der Waals surface area contributed by atoms with Gasteiger partial charge in [-0.1, -0.05) is 18.2 Å². The Balaban J connectivity index is 1.45. The summed E-state index contributed by atoms with van der Waals surface area (Å²) in [5.41, 5.74) is 10.6. The molecular weight excluding hydrogens is 364 g/mol. The van der Waals surface area contributed by atoms with E-state index in [1.54, 1.807) is 4.68 Å². The summed E-state index contributed by atoms with van der Waals surface area (Å²) in [6, 6.07) is 7.85. The van der Waals surface area contributed by atoms with Crippen LogP contribution in [0.2, 0.25) is 0 Å². The number of nitrogens with zero attached hydrogens (tertiary/aromatic N) is 4. The zero-order valence-corrected chi connectivity index (χ0v) is 15.8. The molecule has 1 aromatic carbocycles. The Morgan fingerprint density at radius 2 is 2.24 bits per heavy atom. The summed E-state index contributed by atoms with van der Waals surface area (Å²) in [6.45, 7) is 1.90. The molecule has 7 nitrogen and oxygen atoms in total. The van der Waals surface area contributed by atoms with E-state index < -0.39 is 0 Å². The van der Waals surface area contributed by atoms with Gasteiger partial charge in [0, 0.05) is 11.5 Å². The Morgan fingerprint density at radius 3 is 3.07 bits per heavy atom. The third-order valence-corrected chi connectivity index (χ3v) is 5.54. The molecule has 2 unspecified atom stereocenters. The van der Waals surface area contributed by atoms with E-state index in [2.05, 4.69) is 21.1 Å². The molecule has 0 saturated heterocycles. The first-order valence-electron chi connectivity index (χ1n) is 9.39. The van der Waals surface area contributed by atoms with E-state index in [0.29, 0.717) is 28.9 Å². The lowest BCUT2D eigenvalue weighted by Crippen LogP contribution is -2.09. The normalized spacial score (nSPS) is 20.3. The molecule has 0 aliphatic heterocycles. The average molecular weight is 382 g/mol. The predicted octanol–water partition coefficient (Wildman–Crippen LogP) is 3.40. The van der Waals surface area contributed by atoms with E-state index in [1.807, 2.05) is 49.4 Å². The van der Waals surface area contributed by atoms with Crippen LogP contribution in [0.1, 0.15) is 22.6 Å². The van der Waals surface area contributed by atoms with Crippen LogP contribution in [0.3, 0.4) is 0 Å². The van der Waals surface area contributed by atoms with Gasteiger partial charge in [0.05, 0.1) is 34.6 Å². The van der Waals surface area contributed by atoms with Gasteiger partial charge < -0.3 is 10.7 Å². The molecule has 7 heteroatoms. The maximum Gasteiger partial charge on any atom is 0.194 e. The van der Waals surface area contributed by atoms with Crippen molar-refractivity contribution in [2.45, 2.75) is 13.3 Å². The highest BCUT2D eigenvalue weighted by Crippen LogP contribution is 2.38. The second-order valence-electron chi connectivity index (χ2n) is 7.44. The number of rotatable bonds is 3. The largest absolute Gasteiger partial charge is 0.383 e. The topological polar surface area (TPSA) is 113 Å². The molecule has 0 bridgehead atoms. The summed E-state index contributed by atoms with van der Waals surface area (Å²) in [5.74, 6) is 1.33. The Kier molecular flexibility index (Phi) is 3.74. The number of allylic oxidation sites excluding steroid dienone is 6. The average Bonchev–Trinajstić information content (AvgIpc) is 3.41. The molecule has 2 aliphatic rings. The van der Waals surface area contributed by atoms with Crippen molar-refractivity contribution >= 4 is 22.6 Å². The Bertz CT molecular complexity index is 1300. The molecule has 29 heavy (non-hydrogen) atoms. The summed E-state index contributed by atoms with van der Waals surface area (Å²) in [5, 5.41) is 13.4. The van der Waals surface area contributed by atoms with E-state index in [4.69, 9.17) is 11.0 Å². The van der Waals surface area contributed by atoms with Gasteiger partial charge in [0.25, 0.3) is 0 Å². The van der Waals surface area contributed by atoms with Gasteiger partial charge >= 0.3 is 0 Å². The second-order valence-corrected chi connectivity index (χ2v) is 7.44. The monoisotopic (exact) mass is 382 g/mol. The smallest absolute Gasteiger partial charge is 0.194 e. The molecule has 5 rings (SSSR count). The van der Waals surface area contributed by atoms with Crippen molar-refractivity contribution in [1.82, 2.24) is 19.7 Å². The molecule has 2 atom stereocenters. The van der Waals surface area contributed by atoms with Crippen LogP contribution in [-0.4, -0.2) is 25.5 Å². The number of H-pyrrole nitrogens is 1. The van der Waals surface area contributed by atoms with E-state index in [-0.39, 0.29) is 17.6 Å². The number of benzene rings is 1. The number of anilines is 1. The quantitative estimate of drug-likeness (QED) is 0.674. The first-order chi connectivity index (χ1) is 14.0. The number of nitrogens with one attached hydrogen (secondary N) is 1. The van der Waals surface area contributed by atoms with Crippen LogP contribution in [0.5, 0.6) is 0 Å². The zero-order chi connectivity index (χ0) is 20.1. The predicted molar refractivity (Wildman–Crippen MR) is 109 cm³/mol. The van der Waals surface area contributed by atoms with Crippen molar-refractivity contribution in [1.29, 1.82) is 5.26 Å². The molecule has 2 aromatic heterocycles. The number of carbonyl (C=O) groups excluding carboxylic acids is 1. The number of aryl methyl sites for hydroxylation is 1. The molecule has 2 aliphatic carbocycles. The van der Waals surface area contributed by atoms with Crippen LogP contribution >= 0.6 is 0 Å². The third-order valence-electron chi connectivity index (χ3n) is 5.54. The summed E-state index contributed by atoms with van der Waals surface area (Å²) < 4.78 is 1.57. The SMILES string of the molecule is Cc1nc2ccc(-n3ncc(C(=O)C4=CC5C=CC(C#N)=CC5C4)c3N)cc2[nH]1. The van der Waals surface area contributed by atoms with Crippen molar-refractivity contribution in [3.8, 4) is 11.8 Å². The number of aromatic amines is 1. The number of nitrogens with two attached hydrogens (primary N) is 1. The fraction of sp³-hybridized carbons (Fsp3) is 0.182. The third kappa shape index (κ3) is 2.77. The van der Waals surface area contributed by atoms with Gasteiger partial charge in [0.1, 0.15) is 11.6 Å². The van der Waals surface area contributed by atoms with Crippen molar-refractivity contribution in [2.75, 3.05) is 5.73 Å². The number of hydrogen-bond acceptors (Lipinski definition) is 5. The maximum atomic E-state index is 13.1. The van der Waals surface area contributed by atoms with Crippen LogP contribution in [0.15, 0.2) is 59.8 Å². The van der Waals surface area contributed by atoms with Crippen LogP contribution in [0.25, 0.3) is 16.7 Å². The molecule has 0 spiro atoms. The molecule has 0 fully saturated rings. The lowest BCUT2D eigenvalue weighted by atomic mass is 9.88. The fourth-order valence-corrected chi connectivity index (χ4v) is 4.09. The summed E-state index contributed by atoms with van der Waals surface area (Å²) in [4.78, 5) is 20.7. The van der Waals surface area contributed by atoms with Gasteiger partial charge in [-0.2, -0.15) is 10.4 Å². The van der Waals surface area contributed by atoms with Crippen molar-refractivity contribution in [3.05, 3.63) is 71.2 Å². The Labute approximate surface area is 166 Å². The number of ketones is 1. The van der Waals surface area contributed by atoms with Gasteiger partial charge in [0.2, 0.25) is 0 Å². The van der Waals surface area contributed by atoms with Crippen LogP contribution in [0, 0.1) is 30.1 Å². The minimum atomic E-state index is -0.109. The number of carbonyl (C=O) groups is 1. The van der Waals surface area contributed by atoms with E-state index in [9.17, 15) is 4.79 Å². The highest BCUT2D eigenvalue weighted by molar-refractivity contribution is 6.11. The maximum absolute atomic E-state index is 13.1. The molecule has 3 aromatic rings.